The average Bonchev–Trinajstić information content (AvgIpc) is 3.02. The molecule has 0 bridgehead atoms. The largest absolute Gasteiger partial charge is 0.450 e. The van der Waals surface area contributed by atoms with Crippen molar-refractivity contribution in [2.75, 3.05) is 4.90 Å². The number of fused-ring (bicyclic) bond motifs is 2. The second kappa shape index (κ2) is 6.41. The Labute approximate surface area is 167 Å². The first-order valence-electron chi connectivity index (χ1n) is 9.43. The van der Waals surface area contributed by atoms with Gasteiger partial charge in [0.15, 0.2) is 5.43 Å². The van der Waals surface area contributed by atoms with Crippen LogP contribution in [0.3, 0.4) is 0 Å². The minimum absolute atomic E-state index is 0.0866. The van der Waals surface area contributed by atoms with E-state index < -0.39 is 6.04 Å². The summed E-state index contributed by atoms with van der Waals surface area (Å²) in [7, 11) is 0. The van der Waals surface area contributed by atoms with E-state index in [0.29, 0.717) is 22.4 Å². The molecule has 5 nitrogen and oxygen atoms in total. The van der Waals surface area contributed by atoms with Crippen molar-refractivity contribution < 1.29 is 9.21 Å². The summed E-state index contributed by atoms with van der Waals surface area (Å²) >= 11 is 0. The first kappa shape index (κ1) is 17.4. The van der Waals surface area contributed by atoms with Crippen molar-refractivity contribution in [2.24, 2.45) is 0 Å². The second-order valence-corrected chi connectivity index (χ2v) is 7.35. The molecule has 0 aliphatic carbocycles. The van der Waals surface area contributed by atoms with Gasteiger partial charge in [0.05, 0.1) is 17.0 Å². The Bertz CT molecular complexity index is 1330. The summed E-state index contributed by atoms with van der Waals surface area (Å²) < 4.78 is 5.97. The standard InChI is InChI=1S/C24H18N2O3/c1-14-8-9-18-17(12-14)22(27)20-21(16-6-4-3-5-7-16)26(24(28)23(20)29-18)19-13-15(2)10-11-25-19/h3-13,21H,1-2H3. The molecule has 5 rings (SSSR count). The Balaban J connectivity index is 1.84. The van der Waals surface area contributed by atoms with Gasteiger partial charge >= 0.3 is 0 Å². The maximum absolute atomic E-state index is 13.5. The number of aromatic nitrogens is 1. The molecule has 1 aliphatic rings. The molecule has 1 atom stereocenters. The lowest BCUT2D eigenvalue weighted by Crippen LogP contribution is -2.30. The van der Waals surface area contributed by atoms with E-state index >= 15 is 0 Å². The number of rotatable bonds is 2. The summed E-state index contributed by atoms with van der Waals surface area (Å²) in [6.45, 7) is 3.87. The van der Waals surface area contributed by atoms with Crippen LogP contribution in [0.5, 0.6) is 0 Å². The predicted molar refractivity (Wildman–Crippen MR) is 111 cm³/mol. The molecule has 0 N–H and O–H groups in total. The molecular weight excluding hydrogens is 364 g/mol. The molecule has 142 valence electrons. The number of aryl methyl sites for hydroxylation is 2. The molecule has 2 aromatic heterocycles. The number of carbonyl (C=O) groups is 1. The Morgan fingerprint density at radius 2 is 1.69 bits per heavy atom. The van der Waals surface area contributed by atoms with E-state index in [1.54, 1.807) is 17.2 Å². The fourth-order valence-corrected chi connectivity index (χ4v) is 3.93. The quantitative estimate of drug-likeness (QED) is 0.510. The van der Waals surface area contributed by atoms with Crippen molar-refractivity contribution in [3.05, 3.63) is 105 Å². The molecule has 4 aromatic rings. The lowest BCUT2D eigenvalue weighted by molar-refractivity contribution is 0.0970. The Morgan fingerprint density at radius 1 is 0.931 bits per heavy atom. The number of anilines is 1. The van der Waals surface area contributed by atoms with Gasteiger partial charge in [-0.15, -0.1) is 0 Å². The normalized spacial score (nSPS) is 15.7. The molecule has 1 unspecified atom stereocenters. The second-order valence-electron chi connectivity index (χ2n) is 7.35. The maximum Gasteiger partial charge on any atom is 0.296 e. The van der Waals surface area contributed by atoms with Crippen molar-refractivity contribution >= 4 is 22.7 Å². The van der Waals surface area contributed by atoms with Crippen molar-refractivity contribution in [1.82, 2.24) is 4.98 Å². The lowest BCUT2D eigenvalue weighted by Gasteiger charge is -2.24. The van der Waals surface area contributed by atoms with Crippen LogP contribution < -0.4 is 10.3 Å². The summed E-state index contributed by atoms with van der Waals surface area (Å²) in [6.07, 6.45) is 1.66. The van der Waals surface area contributed by atoms with Gasteiger partial charge in [-0.3, -0.25) is 14.5 Å². The number of benzene rings is 2. The summed E-state index contributed by atoms with van der Waals surface area (Å²) in [4.78, 5) is 32.9. The first-order valence-corrected chi connectivity index (χ1v) is 9.43. The highest BCUT2D eigenvalue weighted by atomic mass is 16.3. The molecule has 3 heterocycles. The third-order valence-electron chi connectivity index (χ3n) is 5.29. The van der Waals surface area contributed by atoms with Crippen molar-refractivity contribution in [1.29, 1.82) is 0 Å². The van der Waals surface area contributed by atoms with Crippen LogP contribution in [0, 0.1) is 13.8 Å². The van der Waals surface area contributed by atoms with E-state index in [4.69, 9.17) is 4.42 Å². The van der Waals surface area contributed by atoms with Gasteiger partial charge in [-0.1, -0.05) is 42.0 Å². The molecule has 0 saturated heterocycles. The smallest absolute Gasteiger partial charge is 0.296 e. The Hall–Kier alpha value is -3.73. The van der Waals surface area contributed by atoms with Crippen molar-refractivity contribution in [3.8, 4) is 0 Å². The number of carbonyl (C=O) groups excluding carboxylic acids is 1. The van der Waals surface area contributed by atoms with Crippen LogP contribution in [-0.4, -0.2) is 10.9 Å². The van der Waals surface area contributed by atoms with Crippen LogP contribution in [0.25, 0.3) is 11.0 Å². The van der Waals surface area contributed by atoms with Gasteiger partial charge in [0.1, 0.15) is 11.4 Å². The number of nitrogens with zero attached hydrogens (tertiary/aromatic N) is 2. The number of pyridine rings is 1. The van der Waals surface area contributed by atoms with Crippen molar-refractivity contribution in [3.63, 3.8) is 0 Å². The van der Waals surface area contributed by atoms with E-state index in [1.807, 2.05) is 68.4 Å². The zero-order valence-electron chi connectivity index (χ0n) is 16.0. The molecule has 1 amide bonds. The minimum Gasteiger partial charge on any atom is -0.450 e. The molecule has 5 heteroatoms. The number of hydrogen-bond donors (Lipinski definition) is 0. The fourth-order valence-electron chi connectivity index (χ4n) is 3.93. The van der Waals surface area contributed by atoms with Crippen LogP contribution in [0.15, 0.2) is 76.1 Å². The monoisotopic (exact) mass is 382 g/mol. The zero-order chi connectivity index (χ0) is 20.1. The molecule has 0 radical (unpaired) electrons. The molecule has 0 spiro atoms. The number of hydrogen-bond acceptors (Lipinski definition) is 4. The van der Waals surface area contributed by atoms with E-state index in [-0.39, 0.29) is 17.1 Å². The van der Waals surface area contributed by atoms with Gasteiger partial charge in [-0.2, -0.15) is 0 Å². The number of amides is 1. The van der Waals surface area contributed by atoms with Crippen molar-refractivity contribution in [2.45, 2.75) is 19.9 Å². The van der Waals surface area contributed by atoms with E-state index in [1.165, 1.54) is 0 Å². The van der Waals surface area contributed by atoms with Crippen LogP contribution in [0.4, 0.5) is 5.82 Å². The SMILES string of the molecule is Cc1ccnc(N2C(=O)c3oc4ccc(C)cc4c(=O)c3C2c2ccccc2)c1. The fraction of sp³-hybridized carbons (Fsp3) is 0.125. The third-order valence-corrected chi connectivity index (χ3v) is 5.29. The summed E-state index contributed by atoms with van der Waals surface area (Å²) in [5, 5.41) is 0.483. The third kappa shape index (κ3) is 2.66. The van der Waals surface area contributed by atoms with Gasteiger partial charge in [-0.05, 0) is 49.2 Å². The molecule has 0 saturated carbocycles. The maximum atomic E-state index is 13.5. The zero-order valence-corrected chi connectivity index (χ0v) is 16.0. The predicted octanol–water partition coefficient (Wildman–Crippen LogP) is 4.55. The minimum atomic E-state index is -0.589. The van der Waals surface area contributed by atoms with E-state index in [2.05, 4.69) is 4.98 Å². The molecule has 2 aromatic carbocycles. The van der Waals surface area contributed by atoms with E-state index in [0.717, 1.165) is 16.7 Å². The van der Waals surface area contributed by atoms with Gasteiger partial charge in [0.2, 0.25) is 5.76 Å². The molecule has 0 fully saturated rings. The first-order chi connectivity index (χ1) is 14.0. The van der Waals surface area contributed by atoms with Crippen LogP contribution in [0.2, 0.25) is 0 Å². The van der Waals surface area contributed by atoms with Crippen LogP contribution in [-0.2, 0) is 0 Å². The van der Waals surface area contributed by atoms with Gasteiger partial charge < -0.3 is 4.42 Å². The van der Waals surface area contributed by atoms with Gasteiger partial charge in [-0.25, -0.2) is 4.98 Å². The average molecular weight is 382 g/mol. The summed E-state index contributed by atoms with van der Waals surface area (Å²) in [6, 6.07) is 18.1. The lowest BCUT2D eigenvalue weighted by atomic mass is 9.98. The van der Waals surface area contributed by atoms with E-state index in [9.17, 15) is 9.59 Å². The molecule has 29 heavy (non-hydrogen) atoms. The van der Waals surface area contributed by atoms with Gasteiger partial charge in [0.25, 0.3) is 5.91 Å². The van der Waals surface area contributed by atoms with Gasteiger partial charge in [0, 0.05) is 6.20 Å². The highest BCUT2D eigenvalue weighted by molar-refractivity contribution is 6.10. The Morgan fingerprint density at radius 3 is 2.45 bits per heavy atom. The molecule has 1 aliphatic heterocycles. The molecular formula is C24H18N2O3. The summed E-state index contributed by atoms with van der Waals surface area (Å²) in [5.41, 5.74) is 3.37. The topological polar surface area (TPSA) is 63.4 Å². The van der Waals surface area contributed by atoms with Crippen LogP contribution >= 0.6 is 0 Å². The van der Waals surface area contributed by atoms with Crippen LogP contribution in [0.1, 0.15) is 38.9 Å². The summed E-state index contributed by atoms with van der Waals surface area (Å²) in [5.74, 6) is 0.227. The highest BCUT2D eigenvalue weighted by Gasteiger charge is 2.44. The Kier molecular flexibility index (Phi) is 3.84. The highest BCUT2D eigenvalue weighted by Crippen LogP contribution is 2.40.